The first kappa shape index (κ1) is 8.23. The Morgan fingerprint density at radius 1 is 1.23 bits per heavy atom. The fraction of sp³-hybridized carbons (Fsp3) is 0.400. The summed E-state index contributed by atoms with van der Waals surface area (Å²) in [5.74, 6) is -0.494. The Bertz CT molecular complexity index is 314. The van der Waals surface area contributed by atoms with Gasteiger partial charge in [-0.3, -0.25) is 4.79 Å². The van der Waals surface area contributed by atoms with Crippen LogP contribution in [0.25, 0.3) is 0 Å². The normalized spacial score (nSPS) is 32.3. The van der Waals surface area contributed by atoms with E-state index in [0.29, 0.717) is 12.8 Å². The molecule has 13 heavy (non-hydrogen) atoms. The number of ether oxygens (including phenoxy) is 1. The SMILES string of the molecule is O=C1C=CC(=O)C2(CC=CCC2)O1. The maximum Gasteiger partial charge on any atom is 0.331 e. The molecular weight excluding hydrogens is 168 g/mol. The Morgan fingerprint density at radius 2 is 2.08 bits per heavy atom. The van der Waals surface area contributed by atoms with E-state index in [0.717, 1.165) is 6.42 Å². The predicted molar refractivity (Wildman–Crippen MR) is 46.0 cm³/mol. The number of ketones is 1. The summed E-state index contributed by atoms with van der Waals surface area (Å²) in [4.78, 5) is 22.5. The van der Waals surface area contributed by atoms with Crippen molar-refractivity contribution >= 4 is 11.8 Å². The van der Waals surface area contributed by atoms with Crippen molar-refractivity contribution in [1.29, 1.82) is 0 Å². The van der Waals surface area contributed by atoms with Crippen LogP contribution in [0.4, 0.5) is 0 Å². The first-order valence-electron chi connectivity index (χ1n) is 4.33. The molecule has 1 spiro atoms. The summed E-state index contributed by atoms with van der Waals surface area (Å²) in [7, 11) is 0. The zero-order valence-corrected chi connectivity index (χ0v) is 7.16. The Labute approximate surface area is 76.1 Å². The van der Waals surface area contributed by atoms with Gasteiger partial charge in [-0.15, -0.1) is 0 Å². The van der Waals surface area contributed by atoms with Crippen LogP contribution in [0.15, 0.2) is 24.3 Å². The summed E-state index contributed by atoms with van der Waals surface area (Å²) in [5, 5.41) is 0. The molecule has 2 rings (SSSR count). The molecule has 1 atom stereocenters. The van der Waals surface area contributed by atoms with Crippen molar-refractivity contribution in [3.05, 3.63) is 24.3 Å². The summed E-state index contributed by atoms with van der Waals surface area (Å²) >= 11 is 0. The van der Waals surface area contributed by atoms with Crippen LogP contribution in [0.1, 0.15) is 19.3 Å². The van der Waals surface area contributed by atoms with E-state index in [-0.39, 0.29) is 5.78 Å². The van der Waals surface area contributed by atoms with Gasteiger partial charge in [0, 0.05) is 12.5 Å². The molecule has 0 radical (unpaired) electrons. The van der Waals surface area contributed by atoms with E-state index in [1.165, 1.54) is 12.2 Å². The molecule has 0 N–H and O–H groups in total. The minimum absolute atomic E-state index is 0.0866. The van der Waals surface area contributed by atoms with Crippen molar-refractivity contribution in [2.24, 2.45) is 0 Å². The van der Waals surface area contributed by atoms with Gasteiger partial charge in [0.15, 0.2) is 11.4 Å². The zero-order valence-electron chi connectivity index (χ0n) is 7.16. The highest BCUT2D eigenvalue weighted by Gasteiger charge is 2.42. The number of rotatable bonds is 0. The summed E-state index contributed by atoms with van der Waals surface area (Å²) in [5.41, 5.74) is -0.874. The molecule has 1 aliphatic carbocycles. The Hall–Kier alpha value is -1.38. The second-order valence-electron chi connectivity index (χ2n) is 3.33. The van der Waals surface area contributed by atoms with Gasteiger partial charge in [-0.05, 0) is 18.9 Å². The Kier molecular flexibility index (Phi) is 1.79. The molecule has 0 aromatic heterocycles. The molecule has 3 heteroatoms. The van der Waals surface area contributed by atoms with Gasteiger partial charge in [-0.25, -0.2) is 4.79 Å². The van der Waals surface area contributed by atoms with Crippen LogP contribution >= 0.6 is 0 Å². The smallest absolute Gasteiger partial charge is 0.331 e. The van der Waals surface area contributed by atoms with Gasteiger partial charge < -0.3 is 4.74 Å². The number of esters is 1. The highest BCUT2D eigenvalue weighted by Crippen LogP contribution is 2.31. The second-order valence-corrected chi connectivity index (χ2v) is 3.33. The Morgan fingerprint density at radius 3 is 2.77 bits per heavy atom. The molecule has 0 bridgehead atoms. The molecular formula is C10H10O3. The first-order chi connectivity index (χ1) is 6.23. The lowest BCUT2D eigenvalue weighted by molar-refractivity contribution is -0.163. The monoisotopic (exact) mass is 178 g/mol. The summed E-state index contributed by atoms with van der Waals surface area (Å²) in [6.45, 7) is 0. The third-order valence-electron chi connectivity index (χ3n) is 2.44. The fourth-order valence-electron chi connectivity index (χ4n) is 1.70. The predicted octanol–water partition coefficient (Wildman–Crippen LogP) is 1.15. The van der Waals surface area contributed by atoms with Crippen LogP contribution < -0.4 is 0 Å². The van der Waals surface area contributed by atoms with Crippen molar-refractivity contribution in [2.75, 3.05) is 0 Å². The minimum atomic E-state index is -0.874. The van der Waals surface area contributed by atoms with Gasteiger partial charge >= 0.3 is 5.97 Å². The molecule has 0 amide bonds. The number of allylic oxidation sites excluding steroid dienone is 1. The number of hydrogen-bond donors (Lipinski definition) is 0. The molecule has 0 saturated heterocycles. The van der Waals surface area contributed by atoms with Crippen molar-refractivity contribution < 1.29 is 14.3 Å². The van der Waals surface area contributed by atoms with Crippen LogP contribution in [0.3, 0.4) is 0 Å². The molecule has 1 unspecified atom stereocenters. The molecule has 0 aromatic rings. The quantitative estimate of drug-likeness (QED) is 0.412. The highest BCUT2D eigenvalue weighted by molar-refractivity contribution is 6.05. The van der Waals surface area contributed by atoms with Gasteiger partial charge in [0.25, 0.3) is 0 Å². The highest BCUT2D eigenvalue weighted by atomic mass is 16.6. The van der Waals surface area contributed by atoms with Gasteiger partial charge in [-0.2, -0.15) is 0 Å². The number of carbonyl (C=O) groups is 2. The summed E-state index contributed by atoms with van der Waals surface area (Å²) < 4.78 is 5.10. The molecule has 1 heterocycles. The van der Waals surface area contributed by atoms with E-state index in [1.807, 2.05) is 12.2 Å². The Balaban J connectivity index is 2.31. The van der Waals surface area contributed by atoms with Crippen LogP contribution in [-0.4, -0.2) is 17.4 Å². The largest absolute Gasteiger partial charge is 0.447 e. The summed E-state index contributed by atoms with van der Waals surface area (Å²) in [6.07, 6.45) is 8.34. The van der Waals surface area contributed by atoms with Crippen molar-refractivity contribution in [3.8, 4) is 0 Å². The van der Waals surface area contributed by atoms with Crippen LogP contribution in [0.2, 0.25) is 0 Å². The van der Waals surface area contributed by atoms with Gasteiger partial charge in [0.05, 0.1) is 0 Å². The molecule has 68 valence electrons. The lowest BCUT2D eigenvalue weighted by Gasteiger charge is -2.33. The second kappa shape index (κ2) is 2.83. The average molecular weight is 178 g/mol. The molecule has 1 aliphatic heterocycles. The number of carbonyl (C=O) groups excluding carboxylic acids is 2. The third-order valence-corrected chi connectivity index (χ3v) is 2.44. The van der Waals surface area contributed by atoms with Crippen molar-refractivity contribution in [1.82, 2.24) is 0 Å². The van der Waals surface area contributed by atoms with Gasteiger partial charge in [0.2, 0.25) is 0 Å². The number of hydrogen-bond acceptors (Lipinski definition) is 3. The molecule has 0 saturated carbocycles. The minimum Gasteiger partial charge on any atom is -0.447 e. The van der Waals surface area contributed by atoms with E-state index in [1.54, 1.807) is 0 Å². The van der Waals surface area contributed by atoms with E-state index in [2.05, 4.69) is 0 Å². The van der Waals surface area contributed by atoms with Crippen LogP contribution in [0, 0.1) is 0 Å². The van der Waals surface area contributed by atoms with Crippen molar-refractivity contribution in [2.45, 2.75) is 24.9 Å². The van der Waals surface area contributed by atoms with Gasteiger partial charge in [-0.1, -0.05) is 12.2 Å². The first-order valence-corrected chi connectivity index (χ1v) is 4.33. The van der Waals surface area contributed by atoms with Crippen LogP contribution in [-0.2, 0) is 14.3 Å². The molecule has 2 aliphatic rings. The molecule has 0 fully saturated rings. The third kappa shape index (κ3) is 1.30. The van der Waals surface area contributed by atoms with Gasteiger partial charge in [0.1, 0.15) is 0 Å². The van der Waals surface area contributed by atoms with Crippen molar-refractivity contribution in [3.63, 3.8) is 0 Å². The van der Waals surface area contributed by atoms with E-state index in [4.69, 9.17) is 4.74 Å². The van der Waals surface area contributed by atoms with Crippen LogP contribution in [0.5, 0.6) is 0 Å². The lowest BCUT2D eigenvalue weighted by atomic mass is 9.84. The lowest BCUT2D eigenvalue weighted by Crippen LogP contribution is -2.45. The van der Waals surface area contributed by atoms with E-state index in [9.17, 15) is 9.59 Å². The molecule has 3 nitrogen and oxygen atoms in total. The fourth-order valence-corrected chi connectivity index (χ4v) is 1.70. The standard InChI is InChI=1S/C10H10O3/c11-8-4-5-9(12)13-10(8)6-2-1-3-7-10/h1-2,4-5H,3,6-7H2. The maximum atomic E-state index is 11.5. The summed E-state index contributed by atoms with van der Waals surface area (Å²) in [6, 6.07) is 0. The maximum absolute atomic E-state index is 11.5. The molecule has 0 aromatic carbocycles. The van der Waals surface area contributed by atoms with E-state index >= 15 is 0 Å². The average Bonchev–Trinajstić information content (AvgIpc) is 2.14. The topological polar surface area (TPSA) is 43.4 Å². The van der Waals surface area contributed by atoms with E-state index < -0.39 is 11.6 Å². The zero-order chi connectivity index (χ0) is 9.31.